The van der Waals surface area contributed by atoms with E-state index in [-0.39, 0.29) is 18.2 Å². The summed E-state index contributed by atoms with van der Waals surface area (Å²) in [6.07, 6.45) is 0. The van der Waals surface area contributed by atoms with Crippen LogP contribution in [0.15, 0.2) is 18.2 Å². The van der Waals surface area contributed by atoms with Crippen molar-refractivity contribution in [3.05, 3.63) is 29.3 Å². The van der Waals surface area contributed by atoms with E-state index in [1.54, 1.807) is 18.2 Å². The Morgan fingerprint density at radius 1 is 1.21 bits per heavy atom. The van der Waals surface area contributed by atoms with E-state index < -0.39 is 24.4 Å². The molecule has 1 aromatic carbocycles. The molecule has 0 bridgehead atoms. The lowest BCUT2D eigenvalue weighted by Crippen LogP contribution is -2.30. The number of rotatable bonds is 7. The first-order chi connectivity index (χ1) is 11.3. The Hall–Kier alpha value is -2.57. The third kappa shape index (κ3) is 8.17. The first-order valence-electron chi connectivity index (χ1n) is 7.82. The largest absolute Gasteiger partial charge is 0.480 e. The van der Waals surface area contributed by atoms with E-state index in [0.29, 0.717) is 5.56 Å². The van der Waals surface area contributed by atoms with Crippen LogP contribution in [0.3, 0.4) is 0 Å². The molecule has 0 atom stereocenters. The van der Waals surface area contributed by atoms with Crippen molar-refractivity contribution in [3.63, 3.8) is 0 Å². The molecule has 7 heteroatoms. The average molecular weight is 338 g/mol. The van der Waals surface area contributed by atoms with Crippen LogP contribution in [0.4, 0.5) is 5.69 Å². The molecule has 0 fully saturated rings. The number of carbonyl (C=O) groups is 3. The number of anilines is 1. The van der Waals surface area contributed by atoms with Crippen molar-refractivity contribution in [2.45, 2.75) is 47.3 Å². The molecular weight excluding hydrogens is 312 g/mol. The Bertz CT molecular complexity index is 570. The minimum absolute atomic E-state index is 0.0485. The number of carboxylic acids is 1. The van der Waals surface area contributed by atoms with E-state index in [9.17, 15) is 14.4 Å². The van der Waals surface area contributed by atoms with E-state index in [1.807, 2.05) is 27.7 Å². The van der Waals surface area contributed by atoms with Crippen LogP contribution in [0.5, 0.6) is 0 Å². The van der Waals surface area contributed by atoms with E-state index in [2.05, 4.69) is 10.6 Å². The zero-order chi connectivity index (χ0) is 18.7. The summed E-state index contributed by atoms with van der Waals surface area (Å²) in [7, 11) is 0. The summed E-state index contributed by atoms with van der Waals surface area (Å²) in [5.74, 6) is -2.12. The Balaban J connectivity index is 0.00000254. The topological polar surface area (TPSA) is 105 Å². The predicted molar refractivity (Wildman–Crippen MR) is 92.0 cm³/mol. The van der Waals surface area contributed by atoms with Crippen molar-refractivity contribution in [1.82, 2.24) is 5.32 Å². The van der Waals surface area contributed by atoms with Crippen molar-refractivity contribution < 1.29 is 24.2 Å². The van der Waals surface area contributed by atoms with Crippen LogP contribution in [0.1, 0.15) is 50.5 Å². The maximum Gasteiger partial charge on any atom is 0.322 e. The molecule has 0 aliphatic heterocycles. The molecule has 0 saturated carbocycles. The van der Waals surface area contributed by atoms with Gasteiger partial charge in [0.1, 0.15) is 13.2 Å². The molecule has 3 N–H and O–H groups in total. The highest BCUT2D eigenvalue weighted by Crippen LogP contribution is 2.18. The van der Waals surface area contributed by atoms with E-state index in [0.717, 1.165) is 5.69 Å². The monoisotopic (exact) mass is 338 g/mol. The Morgan fingerprint density at radius 2 is 1.83 bits per heavy atom. The molecule has 0 heterocycles. The number of nitrogens with one attached hydrogen (secondary N) is 2. The minimum Gasteiger partial charge on any atom is -0.480 e. The lowest BCUT2D eigenvalue weighted by atomic mass is 10.1. The molecule has 7 nitrogen and oxygen atoms in total. The summed E-state index contributed by atoms with van der Waals surface area (Å²) in [5.41, 5.74) is 1.50. The van der Waals surface area contributed by atoms with Crippen molar-refractivity contribution in [2.24, 2.45) is 0 Å². The zero-order valence-corrected chi connectivity index (χ0v) is 14.8. The Kier molecular flexibility index (Phi) is 9.86. The van der Waals surface area contributed by atoms with Gasteiger partial charge in [0.2, 0.25) is 0 Å². The molecule has 0 aliphatic rings. The highest BCUT2D eigenvalue weighted by atomic mass is 16.5. The molecule has 1 amide bonds. The fraction of sp³-hybridized carbons (Fsp3) is 0.471. The number of aliphatic carboxylic acids is 1. The lowest BCUT2D eigenvalue weighted by molar-refractivity contribution is -0.142. The minimum atomic E-state index is -1.13. The summed E-state index contributed by atoms with van der Waals surface area (Å²) in [6, 6.07) is 5.22. The number of hydrogen-bond donors (Lipinski definition) is 3. The fourth-order valence-electron chi connectivity index (χ4n) is 1.77. The van der Waals surface area contributed by atoms with Crippen molar-refractivity contribution in [2.75, 3.05) is 11.9 Å². The normalized spacial score (nSPS) is 9.58. The van der Waals surface area contributed by atoms with Crippen LogP contribution in [-0.2, 0) is 20.9 Å². The van der Waals surface area contributed by atoms with Gasteiger partial charge < -0.3 is 20.5 Å². The van der Waals surface area contributed by atoms with Gasteiger partial charge in [-0.15, -0.1) is 0 Å². The molecule has 0 aliphatic carbocycles. The van der Waals surface area contributed by atoms with Gasteiger partial charge in [0, 0.05) is 29.8 Å². The Labute approximate surface area is 142 Å². The zero-order valence-electron chi connectivity index (χ0n) is 14.8. The van der Waals surface area contributed by atoms with Gasteiger partial charge in [-0.2, -0.15) is 0 Å². The summed E-state index contributed by atoms with van der Waals surface area (Å²) in [5, 5.41) is 14.1. The van der Waals surface area contributed by atoms with Gasteiger partial charge in [-0.1, -0.05) is 19.9 Å². The number of esters is 1. The molecule has 0 radical (unpaired) electrons. The summed E-state index contributed by atoms with van der Waals surface area (Å²) >= 11 is 0. The maximum absolute atomic E-state index is 12.1. The second-order valence-electron chi connectivity index (χ2n) is 5.03. The van der Waals surface area contributed by atoms with Gasteiger partial charge >= 0.3 is 11.9 Å². The van der Waals surface area contributed by atoms with Gasteiger partial charge in [-0.3, -0.25) is 14.4 Å². The number of ether oxygens (including phenoxy) is 1. The number of amides is 1. The van der Waals surface area contributed by atoms with Crippen LogP contribution in [0.2, 0.25) is 0 Å². The van der Waals surface area contributed by atoms with Crippen LogP contribution in [-0.4, -0.2) is 35.5 Å². The maximum atomic E-state index is 12.1. The highest BCUT2D eigenvalue weighted by Gasteiger charge is 2.14. The van der Waals surface area contributed by atoms with E-state index in [4.69, 9.17) is 9.84 Å². The number of benzene rings is 1. The second kappa shape index (κ2) is 11.0. The van der Waals surface area contributed by atoms with Gasteiger partial charge in [-0.25, -0.2) is 0 Å². The lowest BCUT2D eigenvalue weighted by Gasteiger charge is -2.14. The van der Waals surface area contributed by atoms with E-state index in [1.165, 1.54) is 6.92 Å². The van der Waals surface area contributed by atoms with Crippen LogP contribution in [0.25, 0.3) is 0 Å². The molecule has 134 valence electrons. The molecule has 24 heavy (non-hydrogen) atoms. The third-order valence-electron chi connectivity index (χ3n) is 2.64. The summed E-state index contributed by atoms with van der Waals surface area (Å²) in [6.45, 7) is 8.66. The number of carboxylic acid groups (broad SMARTS) is 1. The van der Waals surface area contributed by atoms with Crippen molar-refractivity contribution in [3.8, 4) is 0 Å². The summed E-state index contributed by atoms with van der Waals surface area (Å²) < 4.78 is 4.91. The third-order valence-corrected chi connectivity index (χ3v) is 2.64. The van der Waals surface area contributed by atoms with E-state index >= 15 is 0 Å². The molecule has 1 rings (SSSR count). The first-order valence-corrected chi connectivity index (χ1v) is 7.82. The fourth-order valence-corrected chi connectivity index (χ4v) is 1.77. The SMILES string of the molecule is CC.CC(=O)OCc1ccc(NC(C)C)cc1C(=O)NCC(=O)O. The van der Waals surface area contributed by atoms with Crippen LogP contribution < -0.4 is 10.6 Å². The van der Waals surface area contributed by atoms with Gasteiger partial charge in [-0.05, 0) is 26.0 Å². The average Bonchev–Trinajstić information content (AvgIpc) is 2.52. The van der Waals surface area contributed by atoms with Gasteiger partial charge in [0.05, 0.1) is 0 Å². The number of carbonyl (C=O) groups excluding carboxylic acids is 2. The summed E-state index contributed by atoms with van der Waals surface area (Å²) in [4.78, 5) is 33.6. The van der Waals surface area contributed by atoms with Crippen LogP contribution >= 0.6 is 0 Å². The molecule has 0 unspecified atom stereocenters. The first kappa shape index (κ1) is 21.4. The molecule has 1 aromatic rings. The quantitative estimate of drug-likeness (QED) is 0.660. The predicted octanol–water partition coefficient (Wildman–Crippen LogP) is 2.41. The Morgan fingerprint density at radius 3 is 2.33 bits per heavy atom. The highest BCUT2D eigenvalue weighted by molar-refractivity contribution is 5.98. The van der Waals surface area contributed by atoms with Gasteiger partial charge in [0.25, 0.3) is 5.91 Å². The van der Waals surface area contributed by atoms with Crippen molar-refractivity contribution >= 4 is 23.5 Å². The molecule has 0 aromatic heterocycles. The number of hydrogen-bond acceptors (Lipinski definition) is 5. The molecule has 0 saturated heterocycles. The smallest absolute Gasteiger partial charge is 0.322 e. The second-order valence-corrected chi connectivity index (χ2v) is 5.03. The van der Waals surface area contributed by atoms with Crippen molar-refractivity contribution in [1.29, 1.82) is 0 Å². The molecule has 0 spiro atoms. The van der Waals surface area contributed by atoms with Gasteiger partial charge in [0.15, 0.2) is 0 Å². The van der Waals surface area contributed by atoms with Crippen LogP contribution in [0, 0.1) is 0 Å². The standard InChI is InChI=1S/C15H20N2O5.C2H6/c1-9(2)17-12-5-4-11(8-22-10(3)18)13(6-12)15(21)16-7-14(19)20;1-2/h4-6,9,17H,7-8H2,1-3H3,(H,16,21)(H,19,20);1-2H3. The molecular formula is C17H26N2O5.